The molecule has 5 nitrogen and oxygen atoms in total. The van der Waals surface area contributed by atoms with E-state index in [1.807, 2.05) is 55.1 Å². The van der Waals surface area contributed by atoms with Gasteiger partial charge in [0.05, 0.1) is 6.42 Å². The van der Waals surface area contributed by atoms with Crippen molar-refractivity contribution in [2.24, 2.45) is 0 Å². The molecule has 2 N–H and O–H groups in total. The molecule has 146 valence electrons. The standard InChI is InChI=1S/C22H24ClN3O2/c1-16-4-3-5-21(26(2)28-16)14-17-8-12-20(13-9-17)25-22(27)24-15-18-6-10-19(23)11-7-18/h4,6-13H,3,5,14-15H2,1-2H3,(H-,24,25,27)/p+1. The lowest BCUT2D eigenvalue weighted by Gasteiger charge is -2.09. The van der Waals surface area contributed by atoms with Gasteiger partial charge in [0.1, 0.15) is 0 Å². The van der Waals surface area contributed by atoms with Crippen LogP contribution in [-0.2, 0) is 17.8 Å². The molecule has 0 aliphatic carbocycles. The maximum Gasteiger partial charge on any atom is 0.319 e. The van der Waals surface area contributed by atoms with Crippen LogP contribution in [0.4, 0.5) is 10.5 Å². The van der Waals surface area contributed by atoms with Gasteiger partial charge in [0.15, 0.2) is 12.8 Å². The molecule has 0 fully saturated rings. The number of hydrogen-bond donors (Lipinski definition) is 2. The normalized spacial score (nSPS) is 14.0. The lowest BCUT2D eigenvalue weighted by atomic mass is 10.0. The van der Waals surface area contributed by atoms with Crippen LogP contribution >= 0.6 is 11.6 Å². The van der Waals surface area contributed by atoms with Gasteiger partial charge in [-0.05, 0) is 52.6 Å². The number of nitrogens with one attached hydrogen (secondary N) is 2. The van der Waals surface area contributed by atoms with Crippen LogP contribution in [0.1, 0.15) is 30.9 Å². The smallest absolute Gasteiger partial charge is 0.319 e. The Morgan fingerprint density at radius 3 is 2.50 bits per heavy atom. The Kier molecular flexibility index (Phi) is 6.71. The number of benzene rings is 2. The van der Waals surface area contributed by atoms with E-state index in [-0.39, 0.29) is 6.03 Å². The highest BCUT2D eigenvalue weighted by atomic mass is 35.5. The van der Waals surface area contributed by atoms with Gasteiger partial charge in [-0.2, -0.15) is 0 Å². The van der Waals surface area contributed by atoms with Gasteiger partial charge in [-0.1, -0.05) is 35.9 Å². The molecule has 0 saturated heterocycles. The van der Waals surface area contributed by atoms with Crippen molar-refractivity contribution in [1.82, 2.24) is 5.32 Å². The fourth-order valence-electron chi connectivity index (χ4n) is 3.02. The van der Waals surface area contributed by atoms with Gasteiger partial charge in [-0.15, -0.1) is 0 Å². The van der Waals surface area contributed by atoms with E-state index in [1.165, 1.54) is 11.3 Å². The van der Waals surface area contributed by atoms with Crippen molar-refractivity contribution < 1.29 is 14.4 Å². The summed E-state index contributed by atoms with van der Waals surface area (Å²) in [5.41, 5.74) is 4.16. The monoisotopic (exact) mass is 398 g/mol. The van der Waals surface area contributed by atoms with Crippen LogP contribution in [0.2, 0.25) is 5.02 Å². The molecule has 0 saturated carbocycles. The number of amides is 2. The molecule has 0 spiro atoms. The molecule has 0 bridgehead atoms. The number of nitrogens with zero attached hydrogens (tertiary/aromatic N) is 1. The first kappa shape index (κ1) is 20.0. The highest BCUT2D eigenvalue weighted by molar-refractivity contribution is 6.30. The lowest BCUT2D eigenvalue weighted by Crippen LogP contribution is -2.28. The summed E-state index contributed by atoms with van der Waals surface area (Å²) in [6.45, 7) is 2.41. The molecule has 2 aromatic rings. The number of rotatable bonds is 5. The number of allylic oxidation sites excluding steroid dienone is 2. The minimum Gasteiger partial charge on any atom is -0.334 e. The Labute approximate surface area is 170 Å². The van der Waals surface area contributed by atoms with Gasteiger partial charge >= 0.3 is 6.03 Å². The predicted octanol–water partition coefficient (Wildman–Crippen LogP) is 4.92. The summed E-state index contributed by atoms with van der Waals surface area (Å²) < 4.78 is 1.86. The number of carbonyl (C=O) groups is 1. The highest BCUT2D eigenvalue weighted by Crippen LogP contribution is 2.14. The number of anilines is 1. The van der Waals surface area contributed by atoms with Gasteiger partial charge in [-0.3, -0.25) is 0 Å². The minimum absolute atomic E-state index is 0.240. The molecule has 1 heterocycles. The SMILES string of the molecule is CC1=CCCC(Cc2ccc(NC(=O)NCc3ccc(Cl)cc3)cc2)=[N+](C)O1. The van der Waals surface area contributed by atoms with Crippen LogP contribution < -0.4 is 10.6 Å². The summed E-state index contributed by atoms with van der Waals surface area (Å²) in [7, 11) is 1.94. The Bertz CT molecular complexity index is 887. The third kappa shape index (κ3) is 5.86. The molecule has 0 atom stereocenters. The molecule has 0 radical (unpaired) electrons. The Morgan fingerprint density at radius 2 is 1.79 bits per heavy atom. The first-order chi connectivity index (χ1) is 13.5. The summed E-state index contributed by atoms with van der Waals surface area (Å²) in [5, 5.41) is 6.37. The maximum atomic E-state index is 12.1. The fourth-order valence-corrected chi connectivity index (χ4v) is 3.14. The van der Waals surface area contributed by atoms with Gasteiger partial charge < -0.3 is 10.6 Å². The van der Waals surface area contributed by atoms with Crippen molar-refractivity contribution in [2.75, 3.05) is 12.4 Å². The second-order valence-corrected chi connectivity index (χ2v) is 7.25. The van der Waals surface area contributed by atoms with Crippen LogP contribution in [-0.4, -0.2) is 23.5 Å². The Morgan fingerprint density at radius 1 is 1.11 bits per heavy atom. The first-order valence-electron chi connectivity index (χ1n) is 9.31. The number of halogens is 1. The molecule has 1 aliphatic heterocycles. The highest BCUT2D eigenvalue weighted by Gasteiger charge is 2.17. The second-order valence-electron chi connectivity index (χ2n) is 6.82. The third-order valence-corrected chi connectivity index (χ3v) is 4.83. The molecule has 3 rings (SSSR count). The predicted molar refractivity (Wildman–Crippen MR) is 113 cm³/mol. The molecular weight excluding hydrogens is 374 g/mol. The average Bonchev–Trinajstić information content (AvgIpc) is 2.83. The third-order valence-electron chi connectivity index (χ3n) is 4.58. The topological polar surface area (TPSA) is 53.4 Å². The molecule has 6 heteroatoms. The Balaban J connectivity index is 1.52. The molecule has 2 amide bonds. The van der Waals surface area contributed by atoms with Gasteiger partial charge in [0.2, 0.25) is 5.71 Å². The van der Waals surface area contributed by atoms with Crippen LogP contribution in [0, 0.1) is 0 Å². The van der Waals surface area contributed by atoms with Gasteiger partial charge in [0, 0.05) is 30.6 Å². The van der Waals surface area contributed by atoms with Crippen molar-refractivity contribution in [1.29, 1.82) is 0 Å². The molecule has 0 aromatic heterocycles. The van der Waals surface area contributed by atoms with Crippen molar-refractivity contribution in [2.45, 2.75) is 32.7 Å². The quantitative estimate of drug-likeness (QED) is 0.702. The van der Waals surface area contributed by atoms with Crippen molar-refractivity contribution >= 4 is 29.0 Å². The number of hydrogen-bond acceptors (Lipinski definition) is 2. The maximum absolute atomic E-state index is 12.1. The Hall–Kier alpha value is -2.79. The summed E-state index contributed by atoms with van der Waals surface area (Å²) in [5.74, 6) is 0.932. The van der Waals surface area contributed by atoms with Crippen molar-refractivity contribution in [3.05, 3.63) is 76.5 Å². The van der Waals surface area contributed by atoms with E-state index in [2.05, 4.69) is 16.7 Å². The van der Waals surface area contributed by atoms with E-state index < -0.39 is 0 Å². The van der Waals surface area contributed by atoms with Gasteiger partial charge in [0.25, 0.3) is 0 Å². The summed E-state index contributed by atoms with van der Waals surface area (Å²) in [6.07, 6.45) is 4.89. The molecule has 28 heavy (non-hydrogen) atoms. The van der Waals surface area contributed by atoms with E-state index in [0.29, 0.717) is 11.6 Å². The first-order valence-corrected chi connectivity index (χ1v) is 9.69. The van der Waals surface area contributed by atoms with Crippen molar-refractivity contribution in [3.8, 4) is 0 Å². The number of hydroxylamine groups is 1. The zero-order valence-electron chi connectivity index (χ0n) is 16.2. The van der Waals surface area contributed by atoms with Crippen molar-refractivity contribution in [3.63, 3.8) is 0 Å². The molecule has 2 aromatic carbocycles. The summed E-state index contributed by atoms with van der Waals surface area (Å²) in [4.78, 5) is 17.8. The fraction of sp³-hybridized carbons (Fsp3) is 0.273. The van der Waals surface area contributed by atoms with E-state index in [1.54, 1.807) is 12.1 Å². The second kappa shape index (κ2) is 9.42. The van der Waals surface area contributed by atoms with Crippen LogP contribution in [0.3, 0.4) is 0 Å². The summed E-state index contributed by atoms with van der Waals surface area (Å²) in [6, 6.07) is 15.0. The van der Waals surface area contributed by atoms with E-state index >= 15 is 0 Å². The zero-order valence-corrected chi connectivity index (χ0v) is 16.9. The zero-order chi connectivity index (χ0) is 19.9. The summed E-state index contributed by atoms with van der Waals surface area (Å²) >= 11 is 5.86. The van der Waals surface area contributed by atoms with Crippen LogP contribution in [0.15, 0.2) is 60.4 Å². The molecule has 1 aliphatic rings. The minimum atomic E-state index is -0.240. The van der Waals surface area contributed by atoms with E-state index in [4.69, 9.17) is 16.4 Å². The van der Waals surface area contributed by atoms with E-state index in [0.717, 1.165) is 36.3 Å². The molecule has 0 unspecified atom stereocenters. The van der Waals surface area contributed by atoms with Crippen LogP contribution in [0.5, 0.6) is 0 Å². The average molecular weight is 399 g/mol. The largest absolute Gasteiger partial charge is 0.334 e. The lowest BCUT2D eigenvalue weighted by molar-refractivity contribution is -0.755. The number of carbonyl (C=O) groups excluding carboxylic acids is 1. The van der Waals surface area contributed by atoms with Gasteiger partial charge in [-0.25, -0.2) is 9.63 Å². The molecular formula is C22H25ClN3O2+. The number of urea groups is 1. The van der Waals surface area contributed by atoms with E-state index in [9.17, 15) is 4.79 Å². The van der Waals surface area contributed by atoms with Crippen LogP contribution in [0.25, 0.3) is 0 Å².